The Kier molecular flexibility index (Phi) is 5.64. The van der Waals surface area contributed by atoms with E-state index in [0.717, 1.165) is 57.9 Å². The van der Waals surface area contributed by atoms with Gasteiger partial charge in [0.2, 0.25) is 0 Å². The van der Waals surface area contributed by atoms with E-state index in [1.807, 2.05) is 0 Å². The molecular formula is C15H27NO3. The third kappa shape index (κ3) is 3.93. The van der Waals surface area contributed by atoms with Crippen molar-refractivity contribution in [2.24, 2.45) is 11.8 Å². The monoisotopic (exact) mass is 269 g/mol. The number of ether oxygens (including phenoxy) is 1. The Balaban J connectivity index is 2.03. The van der Waals surface area contributed by atoms with E-state index in [4.69, 9.17) is 4.74 Å². The highest BCUT2D eigenvalue weighted by molar-refractivity contribution is 5.71. The zero-order valence-corrected chi connectivity index (χ0v) is 12.0. The van der Waals surface area contributed by atoms with Crippen LogP contribution in [0, 0.1) is 11.8 Å². The summed E-state index contributed by atoms with van der Waals surface area (Å²) in [6.07, 6.45) is 6.48. The Morgan fingerprint density at radius 3 is 2.89 bits per heavy atom. The molecule has 2 fully saturated rings. The number of rotatable bonds is 4. The standard InChI is InChI=1S/C15H27NO3/c1-2-4-12-5-6-13(15(17)18)14(11-12)16-7-3-9-19-10-8-16/h12-14H,2-11H2,1H3,(H,17,18). The fraction of sp³-hybridized carbons (Fsp3) is 0.933. The predicted molar refractivity (Wildman–Crippen MR) is 74.2 cm³/mol. The summed E-state index contributed by atoms with van der Waals surface area (Å²) < 4.78 is 5.50. The molecule has 0 aromatic carbocycles. The van der Waals surface area contributed by atoms with Crippen molar-refractivity contribution < 1.29 is 14.6 Å². The van der Waals surface area contributed by atoms with Gasteiger partial charge in [-0.25, -0.2) is 0 Å². The van der Waals surface area contributed by atoms with Crippen LogP contribution >= 0.6 is 0 Å². The van der Waals surface area contributed by atoms with Gasteiger partial charge in [-0.3, -0.25) is 9.69 Å². The molecule has 1 aliphatic carbocycles. The van der Waals surface area contributed by atoms with Gasteiger partial charge in [0.1, 0.15) is 0 Å². The second-order valence-corrected chi connectivity index (χ2v) is 5.98. The van der Waals surface area contributed by atoms with Crippen molar-refractivity contribution in [3.63, 3.8) is 0 Å². The number of hydrogen-bond donors (Lipinski definition) is 1. The quantitative estimate of drug-likeness (QED) is 0.851. The predicted octanol–water partition coefficient (Wildman–Crippen LogP) is 2.38. The van der Waals surface area contributed by atoms with Crippen LogP contribution in [0.2, 0.25) is 0 Å². The maximum atomic E-state index is 11.5. The fourth-order valence-corrected chi connectivity index (χ4v) is 3.69. The molecule has 0 aromatic rings. The summed E-state index contributed by atoms with van der Waals surface area (Å²) in [4.78, 5) is 13.9. The summed E-state index contributed by atoms with van der Waals surface area (Å²) in [5.41, 5.74) is 0. The first kappa shape index (κ1) is 14.8. The van der Waals surface area contributed by atoms with Crippen molar-refractivity contribution in [1.82, 2.24) is 4.90 Å². The van der Waals surface area contributed by atoms with Crippen molar-refractivity contribution in [2.45, 2.75) is 51.5 Å². The summed E-state index contributed by atoms with van der Waals surface area (Å²) in [5.74, 6) is -0.0638. The van der Waals surface area contributed by atoms with Crippen molar-refractivity contribution >= 4 is 5.97 Å². The van der Waals surface area contributed by atoms with Crippen LogP contribution in [0.1, 0.15) is 45.4 Å². The van der Waals surface area contributed by atoms with Crippen molar-refractivity contribution in [1.29, 1.82) is 0 Å². The molecule has 4 nitrogen and oxygen atoms in total. The Morgan fingerprint density at radius 1 is 1.32 bits per heavy atom. The largest absolute Gasteiger partial charge is 0.481 e. The topological polar surface area (TPSA) is 49.8 Å². The summed E-state index contributed by atoms with van der Waals surface area (Å²) in [7, 11) is 0. The third-order valence-electron chi connectivity index (χ3n) is 4.67. The van der Waals surface area contributed by atoms with E-state index in [9.17, 15) is 9.90 Å². The fourth-order valence-electron chi connectivity index (χ4n) is 3.69. The molecule has 2 rings (SSSR count). The Hall–Kier alpha value is -0.610. The Bertz CT molecular complexity index is 287. The number of aliphatic carboxylic acids is 1. The van der Waals surface area contributed by atoms with Gasteiger partial charge in [0.15, 0.2) is 0 Å². The molecule has 1 N–H and O–H groups in total. The average molecular weight is 269 g/mol. The van der Waals surface area contributed by atoms with Gasteiger partial charge in [-0.1, -0.05) is 19.8 Å². The van der Waals surface area contributed by atoms with Gasteiger partial charge in [-0.05, 0) is 31.6 Å². The molecule has 0 radical (unpaired) electrons. The van der Waals surface area contributed by atoms with Gasteiger partial charge in [0, 0.05) is 25.7 Å². The number of carboxylic acids is 1. The van der Waals surface area contributed by atoms with Crippen LogP contribution in [0.4, 0.5) is 0 Å². The van der Waals surface area contributed by atoms with Gasteiger partial charge in [0.05, 0.1) is 12.5 Å². The molecule has 0 spiro atoms. The highest BCUT2D eigenvalue weighted by Crippen LogP contribution is 2.35. The first-order valence-corrected chi connectivity index (χ1v) is 7.77. The average Bonchev–Trinajstić information content (AvgIpc) is 2.67. The van der Waals surface area contributed by atoms with E-state index in [-0.39, 0.29) is 12.0 Å². The van der Waals surface area contributed by atoms with E-state index in [2.05, 4.69) is 11.8 Å². The van der Waals surface area contributed by atoms with Crippen LogP contribution in [0.15, 0.2) is 0 Å². The molecule has 0 aromatic heterocycles. The summed E-state index contributed by atoms with van der Waals surface area (Å²) in [5, 5.41) is 9.47. The zero-order valence-electron chi connectivity index (χ0n) is 12.0. The van der Waals surface area contributed by atoms with E-state index >= 15 is 0 Å². The molecule has 110 valence electrons. The Labute approximate surface area is 116 Å². The summed E-state index contributed by atoms with van der Waals surface area (Å²) in [6.45, 7) is 5.68. The van der Waals surface area contributed by atoms with Gasteiger partial charge in [0.25, 0.3) is 0 Å². The van der Waals surface area contributed by atoms with Crippen LogP contribution < -0.4 is 0 Å². The van der Waals surface area contributed by atoms with Crippen LogP contribution in [0.5, 0.6) is 0 Å². The normalized spacial score (nSPS) is 33.8. The zero-order chi connectivity index (χ0) is 13.7. The first-order valence-electron chi connectivity index (χ1n) is 7.77. The van der Waals surface area contributed by atoms with Crippen LogP contribution in [0.25, 0.3) is 0 Å². The lowest BCUT2D eigenvalue weighted by Gasteiger charge is -2.40. The molecule has 1 saturated heterocycles. The maximum absolute atomic E-state index is 11.5. The lowest BCUT2D eigenvalue weighted by atomic mass is 9.76. The van der Waals surface area contributed by atoms with Gasteiger partial charge >= 0.3 is 5.97 Å². The van der Waals surface area contributed by atoms with E-state index in [1.54, 1.807) is 0 Å². The molecule has 1 heterocycles. The lowest BCUT2D eigenvalue weighted by molar-refractivity contribution is -0.146. The number of hydrogen-bond acceptors (Lipinski definition) is 3. The van der Waals surface area contributed by atoms with Crippen molar-refractivity contribution in [2.75, 3.05) is 26.3 Å². The number of carbonyl (C=O) groups is 1. The highest BCUT2D eigenvalue weighted by Gasteiger charge is 2.38. The lowest BCUT2D eigenvalue weighted by Crippen LogP contribution is -2.48. The molecule has 4 heteroatoms. The van der Waals surface area contributed by atoms with E-state index < -0.39 is 5.97 Å². The molecule has 2 aliphatic rings. The van der Waals surface area contributed by atoms with Gasteiger partial charge in [-0.2, -0.15) is 0 Å². The Morgan fingerprint density at radius 2 is 2.16 bits per heavy atom. The van der Waals surface area contributed by atoms with Crippen LogP contribution in [-0.2, 0) is 9.53 Å². The molecule has 0 amide bonds. The second kappa shape index (κ2) is 7.25. The van der Waals surface area contributed by atoms with Gasteiger partial charge < -0.3 is 9.84 Å². The van der Waals surface area contributed by atoms with Crippen LogP contribution in [-0.4, -0.2) is 48.3 Å². The van der Waals surface area contributed by atoms with Crippen molar-refractivity contribution in [3.8, 4) is 0 Å². The summed E-state index contributed by atoms with van der Waals surface area (Å²) in [6, 6.07) is 0.226. The number of nitrogens with zero attached hydrogens (tertiary/aromatic N) is 1. The molecule has 0 bridgehead atoms. The SMILES string of the molecule is CCCC1CCC(C(=O)O)C(N2CCCOCC2)C1. The minimum Gasteiger partial charge on any atom is -0.481 e. The van der Waals surface area contributed by atoms with E-state index in [0.29, 0.717) is 0 Å². The molecule has 19 heavy (non-hydrogen) atoms. The maximum Gasteiger partial charge on any atom is 0.308 e. The van der Waals surface area contributed by atoms with Crippen LogP contribution in [0.3, 0.4) is 0 Å². The molecular weight excluding hydrogens is 242 g/mol. The highest BCUT2D eigenvalue weighted by atomic mass is 16.5. The third-order valence-corrected chi connectivity index (χ3v) is 4.67. The molecule has 3 unspecified atom stereocenters. The minimum atomic E-state index is -0.606. The number of carboxylic acid groups (broad SMARTS) is 1. The van der Waals surface area contributed by atoms with E-state index in [1.165, 1.54) is 12.8 Å². The first-order chi connectivity index (χ1) is 9.22. The molecule has 3 atom stereocenters. The molecule has 1 saturated carbocycles. The molecule has 1 aliphatic heterocycles. The smallest absolute Gasteiger partial charge is 0.308 e. The van der Waals surface area contributed by atoms with Crippen molar-refractivity contribution in [3.05, 3.63) is 0 Å². The van der Waals surface area contributed by atoms with Gasteiger partial charge in [-0.15, -0.1) is 0 Å². The second-order valence-electron chi connectivity index (χ2n) is 5.98. The minimum absolute atomic E-state index is 0.175. The summed E-state index contributed by atoms with van der Waals surface area (Å²) >= 11 is 0.